The lowest BCUT2D eigenvalue weighted by molar-refractivity contribution is -0.129. The van der Waals surface area contributed by atoms with Gasteiger partial charge < -0.3 is 21.5 Å². The number of amides is 2. The van der Waals surface area contributed by atoms with Crippen molar-refractivity contribution < 1.29 is 24.2 Å². The molecule has 3 atom stereocenters. The molecule has 0 radical (unpaired) electrons. The highest BCUT2D eigenvalue weighted by Crippen LogP contribution is 2.35. The molecule has 1 rings (SSSR count). The first-order chi connectivity index (χ1) is 12.2. The molecule has 0 heterocycles. The number of aliphatic hydroxyl groups is 1. The molecule has 0 spiro atoms. The molecule has 150 valence electrons. The Labute approximate surface area is 156 Å². The van der Waals surface area contributed by atoms with Crippen molar-refractivity contribution in [2.75, 3.05) is 19.3 Å². The van der Waals surface area contributed by atoms with Crippen molar-refractivity contribution in [1.29, 1.82) is 0 Å². The molecule has 0 aromatic heterocycles. The maximum absolute atomic E-state index is 12.2. The van der Waals surface area contributed by atoms with Gasteiger partial charge in [-0.2, -0.15) is 4.89 Å². The molecular formula is C17H33N3O5P+. The average molecular weight is 390 g/mol. The van der Waals surface area contributed by atoms with E-state index in [9.17, 15) is 19.3 Å². The summed E-state index contributed by atoms with van der Waals surface area (Å²) in [6, 6.07) is -0.672. The Hall–Kier alpha value is -1.08. The summed E-state index contributed by atoms with van der Waals surface area (Å²) in [4.78, 5) is 32.7. The van der Waals surface area contributed by atoms with Crippen LogP contribution in [0.1, 0.15) is 46.0 Å². The van der Waals surface area contributed by atoms with E-state index < -0.39 is 20.2 Å². The van der Waals surface area contributed by atoms with Gasteiger partial charge in [0, 0.05) is 12.5 Å². The third kappa shape index (κ3) is 8.54. The summed E-state index contributed by atoms with van der Waals surface area (Å²) in [5.41, 5.74) is 5.27. The van der Waals surface area contributed by atoms with Gasteiger partial charge in [-0.25, -0.2) is 0 Å². The van der Waals surface area contributed by atoms with Crippen LogP contribution in [0.2, 0.25) is 0 Å². The number of rotatable bonds is 10. The van der Waals surface area contributed by atoms with E-state index in [0.29, 0.717) is 24.4 Å². The minimum Gasteiger partial charge on any atom is -0.391 e. The molecule has 0 aliphatic heterocycles. The molecule has 0 bridgehead atoms. The molecule has 1 fully saturated rings. The summed E-state index contributed by atoms with van der Waals surface area (Å²) < 4.78 is 10.9. The van der Waals surface area contributed by atoms with Crippen molar-refractivity contribution in [2.24, 2.45) is 23.5 Å². The van der Waals surface area contributed by atoms with Crippen LogP contribution >= 0.6 is 8.03 Å². The highest BCUT2D eigenvalue weighted by molar-refractivity contribution is 7.38. The number of aliphatic hydroxyl groups excluding tert-OH is 1. The molecule has 1 aliphatic carbocycles. The first-order valence-corrected chi connectivity index (χ1v) is 10.7. The van der Waals surface area contributed by atoms with Crippen LogP contribution in [0.4, 0.5) is 0 Å². The Bertz CT molecular complexity index is 481. The van der Waals surface area contributed by atoms with Crippen LogP contribution in [0.5, 0.6) is 0 Å². The van der Waals surface area contributed by atoms with Gasteiger partial charge in [0.15, 0.2) is 6.16 Å². The highest BCUT2D eigenvalue weighted by atomic mass is 31.1. The van der Waals surface area contributed by atoms with E-state index in [1.807, 2.05) is 13.8 Å². The topological polar surface area (TPSA) is 142 Å². The molecule has 0 aromatic rings. The van der Waals surface area contributed by atoms with Gasteiger partial charge in [0.25, 0.3) is 0 Å². The van der Waals surface area contributed by atoms with Crippen LogP contribution in [0.3, 0.4) is 0 Å². The van der Waals surface area contributed by atoms with E-state index in [1.165, 1.54) is 0 Å². The summed E-state index contributed by atoms with van der Waals surface area (Å²) in [5, 5.41) is 15.5. The monoisotopic (exact) mass is 390 g/mol. The number of hydrogen-bond acceptors (Lipinski definition) is 5. The van der Waals surface area contributed by atoms with Crippen molar-refractivity contribution in [2.45, 2.75) is 58.1 Å². The second kappa shape index (κ2) is 11.6. The Morgan fingerprint density at radius 3 is 2.27 bits per heavy atom. The van der Waals surface area contributed by atoms with E-state index >= 15 is 0 Å². The minimum atomic E-state index is -2.07. The molecule has 1 unspecified atom stereocenters. The largest absolute Gasteiger partial charge is 0.505 e. The molecule has 1 saturated carbocycles. The van der Waals surface area contributed by atoms with Crippen molar-refractivity contribution in [3.05, 3.63) is 0 Å². The number of nitrogens with one attached hydrogen (secondary N) is 2. The predicted molar refractivity (Wildman–Crippen MR) is 99.6 cm³/mol. The zero-order valence-electron chi connectivity index (χ0n) is 15.7. The maximum atomic E-state index is 12.2. The number of nitrogens with two attached hydrogens (primary N) is 1. The van der Waals surface area contributed by atoms with Gasteiger partial charge in [-0.15, -0.1) is 0 Å². The average Bonchev–Trinajstić information content (AvgIpc) is 2.58. The fourth-order valence-corrected chi connectivity index (χ4v) is 4.24. The van der Waals surface area contributed by atoms with Crippen LogP contribution in [-0.4, -0.2) is 53.2 Å². The van der Waals surface area contributed by atoms with E-state index in [2.05, 4.69) is 10.6 Å². The maximum Gasteiger partial charge on any atom is 0.505 e. The first-order valence-electron chi connectivity index (χ1n) is 9.31. The second-order valence-corrected chi connectivity index (χ2v) is 8.62. The summed E-state index contributed by atoms with van der Waals surface area (Å²) in [7, 11) is -2.07. The van der Waals surface area contributed by atoms with Crippen molar-refractivity contribution in [3.63, 3.8) is 0 Å². The van der Waals surface area contributed by atoms with Gasteiger partial charge in [-0.1, -0.05) is 13.8 Å². The van der Waals surface area contributed by atoms with Gasteiger partial charge in [0.05, 0.1) is 12.6 Å². The molecular weight excluding hydrogens is 357 g/mol. The molecule has 0 aromatic carbocycles. The third-order valence-electron chi connectivity index (χ3n) is 4.95. The summed E-state index contributed by atoms with van der Waals surface area (Å²) >= 11 is 0. The van der Waals surface area contributed by atoms with Gasteiger partial charge in [0.2, 0.25) is 11.8 Å². The van der Waals surface area contributed by atoms with Crippen LogP contribution in [0.25, 0.3) is 0 Å². The molecule has 26 heavy (non-hydrogen) atoms. The summed E-state index contributed by atoms with van der Waals surface area (Å²) in [6.07, 6.45) is 4.00. The zero-order valence-corrected chi connectivity index (χ0v) is 16.6. The second-order valence-electron chi connectivity index (χ2n) is 7.55. The minimum absolute atomic E-state index is 0.0871. The van der Waals surface area contributed by atoms with Gasteiger partial charge >= 0.3 is 8.03 Å². The number of carbonyl (C=O) groups excluding carboxylic acids is 2. The Kier molecular flexibility index (Phi) is 10.2. The number of carbonyl (C=O) groups is 2. The zero-order chi connectivity index (χ0) is 19.7. The lowest BCUT2D eigenvalue weighted by Gasteiger charge is -2.28. The van der Waals surface area contributed by atoms with Crippen LogP contribution in [0.15, 0.2) is 0 Å². The van der Waals surface area contributed by atoms with E-state index in [0.717, 1.165) is 25.7 Å². The molecule has 8 nitrogen and oxygen atoms in total. The smallest absolute Gasteiger partial charge is 0.391 e. The van der Waals surface area contributed by atoms with Crippen LogP contribution < -0.4 is 16.4 Å². The van der Waals surface area contributed by atoms with E-state index in [1.54, 1.807) is 0 Å². The van der Waals surface area contributed by atoms with Crippen LogP contribution in [-0.2, 0) is 14.2 Å². The summed E-state index contributed by atoms with van der Waals surface area (Å²) in [6.45, 7) is 3.63. The van der Waals surface area contributed by atoms with E-state index in [4.69, 9.17) is 10.6 Å². The fraction of sp³-hybridized carbons (Fsp3) is 0.882. The Morgan fingerprint density at radius 1 is 1.19 bits per heavy atom. The third-order valence-corrected chi connectivity index (χ3v) is 5.78. The normalized spacial score (nSPS) is 23.2. The van der Waals surface area contributed by atoms with Gasteiger partial charge in [0.1, 0.15) is 6.04 Å². The highest BCUT2D eigenvalue weighted by Gasteiger charge is 2.29. The Balaban J connectivity index is 2.34. The van der Waals surface area contributed by atoms with E-state index in [-0.39, 0.29) is 30.8 Å². The molecule has 9 heteroatoms. The van der Waals surface area contributed by atoms with Crippen molar-refractivity contribution >= 4 is 19.8 Å². The standard InChI is InChI=1S/C17H32N3O5P/c1-11(2)16(20-15(22)8-18)17(23)19-9-14(21)7-12-3-5-13(6-4-12)10-26(24)25/h11-14,16,21H,3-10,18H2,1-2H3,(H2-,19,20,22,23,24,25)/p+1/t12?,13?,14-,16+/m1/s1. The molecule has 2 amide bonds. The quantitative estimate of drug-likeness (QED) is 0.344. The first kappa shape index (κ1) is 23.0. The fourth-order valence-electron chi connectivity index (χ4n) is 3.43. The molecule has 0 saturated heterocycles. The Morgan fingerprint density at radius 2 is 1.77 bits per heavy atom. The van der Waals surface area contributed by atoms with Crippen molar-refractivity contribution in [1.82, 2.24) is 10.6 Å². The lowest BCUT2D eigenvalue weighted by atomic mass is 9.80. The van der Waals surface area contributed by atoms with Crippen molar-refractivity contribution in [3.8, 4) is 0 Å². The van der Waals surface area contributed by atoms with Gasteiger partial charge in [-0.05, 0) is 48.5 Å². The van der Waals surface area contributed by atoms with Gasteiger partial charge in [-0.3, -0.25) is 9.59 Å². The van der Waals surface area contributed by atoms with Crippen LogP contribution in [0, 0.1) is 17.8 Å². The summed E-state index contributed by atoms with van der Waals surface area (Å²) in [5.74, 6) is -0.129. The predicted octanol–water partition coefficient (Wildman–Crippen LogP) is 0.494. The molecule has 1 aliphatic rings. The lowest BCUT2D eigenvalue weighted by Crippen LogP contribution is -2.52. The molecule has 6 N–H and O–H groups in total. The SMILES string of the molecule is CC(C)[C@H](NC(=O)CN)C(=O)NC[C@H](O)CC1CCC(C[P+](=O)O)CC1. The number of hydrogen-bond donors (Lipinski definition) is 5.